The normalized spacial score (nSPS) is 35.3. The molecule has 4 atom stereocenters. The van der Waals surface area contributed by atoms with Crippen LogP contribution in [0.3, 0.4) is 0 Å². The fourth-order valence-electron chi connectivity index (χ4n) is 4.95. The first-order valence-corrected chi connectivity index (χ1v) is 8.56. The van der Waals surface area contributed by atoms with Gasteiger partial charge in [-0.1, -0.05) is 31.0 Å². The lowest BCUT2D eigenvalue weighted by atomic mass is 9.86. The lowest BCUT2D eigenvalue weighted by Crippen LogP contribution is -2.39. The van der Waals surface area contributed by atoms with E-state index < -0.39 is 0 Å². The zero-order valence-corrected chi connectivity index (χ0v) is 12.6. The Balaban J connectivity index is 1.48. The zero-order valence-electron chi connectivity index (χ0n) is 12.6. The van der Waals surface area contributed by atoms with E-state index >= 15 is 0 Å². The number of benzene rings is 1. The van der Waals surface area contributed by atoms with E-state index in [-0.39, 0.29) is 0 Å². The summed E-state index contributed by atoms with van der Waals surface area (Å²) in [6, 6.07) is 9.00. The summed E-state index contributed by atoms with van der Waals surface area (Å²) in [5.41, 5.74) is 4.54. The highest BCUT2D eigenvalue weighted by molar-refractivity contribution is 5.37. The predicted molar refractivity (Wildman–Crippen MR) is 84.0 cm³/mol. The van der Waals surface area contributed by atoms with Crippen molar-refractivity contribution in [3.8, 4) is 5.75 Å². The fourth-order valence-corrected chi connectivity index (χ4v) is 4.95. The Bertz CT molecular complexity index is 492. The number of ether oxygens (including phenoxy) is 1. The number of rotatable bonds is 4. The molecule has 3 aliphatic rings. The Labute approximate surface area is 127 Å². The summed E-state index contributed by atoms with van der Waals surface area (Å²) in [5, 5.41) is 0. The molecule has 1 aromatic carbocycles. The van der Waals surface area contributed by atoms with Crippen molar-refractivity contribution in [2.45, 2.75) is 50.5 Å². The first-order valence-electron chi connectivity index (χ1n) is 8.56. The van der Waals surface area contributed by atoms with E-state index in [0.29, 0.717) is 12.0 Å². The van der Waals surface area contributed by atoms with Gasteiger partial charge in [0, 0.05) is 6.04 Å². The Kier molecular flexibility index (Phi) is 3.64. The predicted octanol–water partition coefficient (Wildman–Crippen LogP) is 3.21. The minimum atomic E-state index is 0.481. The van der Waals surface area contributed by atoms with Gasteiger partial charge in [-0.05, 0) is 61.0 Å². The van der Waals surface area contributed by atoms with Crippen molar-refractivity contribution in [2.75, 3.05) is 6.61 Å². The van der Waals surface area contributed by atoms with Gasteiger partial charge in [0.25, 0.3) is 0 Å². The molecule has 21 heavy (non-hydrogen) atoms. The SMILES string of the molecule is NNC(CC1CCOc2ccccc21)C1C2CCCCC21. The summed E-state index contributed by atoms with van der Waals surface area (Å²) in [6.45, 7) is 0.844. The van der Waals surface area contributed by atoms with Crippen molar-refractivity contribution in [1.29, 1.82) is 0 Å². The van der Waals surface area contributed by atoms with Crippen LogP contribution in [0.1, 0.15) is 50.0 Å². The first-order chi connectivity index (χ1) is 10.4. The van der Waals surface area contributed by atoms with Crippen LogP contribution in [0.4, 0.5) is 0 Å². The molecular formula is C18H26N2O. The number of hydrogen-bond acceptors (Lipinski definition) is 3. The monoisotopic (exact) mass is 286 g/mol. The highest BCUT2D eigenvalue weighted by Crippen LogP contribution is 2.58. The largest absolute Gasteiger partial charge is 0.493 e. The lowest BCUT2D eigenvalue weighted by Gasteiger charge is -2.29. The summed E-state index contributed by atoms with van der Waals surface area (Å²) < 4.78 is 5.79. The van der Waals surface area contributed by atoms with E-state index in [1.807, 2.05) is 0 Å². The molecule has 0 aromatic heterocycles. The third-order valence-electron chi connectivity index (χ3n) is 6.02. The standard InChI is InChI=1S/C18H26N2O/c19-20-16(18-14-6-1-2-7-15(14)18)11-12-9-10-21-17-8-4-3-5-13(12)17/h3-5,8,12,14-16,18,20H,1-2,6-7,9-11,19H2. The molecule has 1 aromatic rings. The molecule has 2 fully saturated rings. The molecule has 3 N–H and O–H groups in total. The van der Waals surface area contributed by atoms with Crippen LogP contribution < -0.4 is 16.0 Å². The summed E-state index contributed by atoms with van der Waals surface area (Å²) in [5.74, 6) is 10.3. The van der Waals surface area contributed by atoms with Crippen LogP contribution >= 0.6 is 0 Å². The zero-order chi connectivity index (χ0) is 14.2. The summed E-state index contributed by atoms with van der Waals surface area (Å²) in [7, 11) is 0. The van der Waals surface area contributed by atoms with E-state index in [1.165, 1.54) is 31.2 Å². The number of para-hydroxylation sites is 1. The second-order valence-corrected chi connectivity index (χ2v) is 7.07. The van der Waals surface area contributed by atoms with Crippen molar-refractivity contribution in [3.63, 3.8) is 0 Å². The van der Waals surface area contributed by atoms with Crippen molar-refractivity contribution in [1.82, 2.24) is 5.43 Å². The van der Waals surface area contributed by atoms with E-state index in [1.54, 1.807) is 0 Å². The molecule has 2 aliphatic carbocycles. The highest BCUT2D eigenvalue weighted by atomic mass is 16.5. The van der Waals surface area contributed by atoms with E-state index in [9.17, 15) is 0 Å². The van der Waals surface area contributed by atoms with Gasteiger partial charge in [-0.2, -0.15) is 0 Å². The minimum absolute atomic E-state index is 0.481. The molecule has 1 heterocycles. The Morgan fingerprint density at radius 2 is 1.90 bits per heavy atom. The lowest BCUT2D eigenvalue weighted by molar-refractivity contribution is 0.249. The van der Waals surface area contributed by atoms with E-state index in [0.717, 1.165) is 43.0 Å². The molecule has 0 saturated heterocycles. The number of nitrogens with two attached hydrogens (primary N) is 1. The van der Waals surface area contributed by atoms with Gasteiger partial charge in [0.1, 0.15) is 5.75 Å². The van der Waals surface area contributed by atoms with Crippen molar-refractivity contribution in [2.24, 2.45) is 23.6 Å². The Hall–Kier alpha value is -1.06. The third-order valence-corrected chi connectivity index (χ3v) is 6.02. The second kappa shape index (κ2) is 5.62. The summed E-state index contributed by atoms with van der Waals surface area (Å²) in [6.07, 6.45) is 7.99. The summed E-state index contributed by atoms with van der Waals surface area (Å²) >= 11 is 0. The molecule has 0 amide bonds. The average molecular weight is 286 g/mol. The van der Waals surface area contributed by atoms with Crippen LogP contribution in [-0.4, -0.2) is 12.6 Å². The number of hydrogen-bond donors (Lipinski definition) is 2. The maximum Gasteiger partial charge on any atom is 0.122 e. The highest BCUT2D eigenvalue weighted by Gasteiger charge is 2.54. The van der Waals surface area contributed by atoms with E-state index in [2.05, 4.69) is 29.7 Å². The number of nitrogens with one attached hydrogen (secondary N) is 1. The van der Waals surface area contributed by atoms with Gasteiger partial charge >= 0.3 is 0 Å². The maximum absolute atomic E-state index is 5.92. The Morgan fingerprint density at radius 3 is 2.67 bits per heavy atom. The van der Waals surface area contributed by atoms with Gasteiger partial charge in [0.05, 0.1) is 6.61 Å². The molecule has 4 rings (SSSR count). The van der Waals surface area contributed by atoms with Gasteiger partial charge in [0.2, 0.25) is 0 Å². The Morgan fingerprint density at radius 1 is 1.14 bits per heavy atom. The average Bonchev–Trinajstić information content (AvgIpc) is 3.27. The molecule has 4 unspecified atom stereocenters. The van der Waals surface area contributed by atoms with Crippen LogP contribution in [0.5, 0.6) is 5.75 Å². The van der Waals surface area contributed by atoms with Crippen LogP contribution in [0.2, 0.25) is 0 Å². The van der Waals surface area contributed by atoms with Gasteiger partial charge in [0.15, 0.2) is 0 Å². The van der Waals surface area contributed by atoms with Crippen LogP contribution in [0, 0.1) is 17.8 Å². The quantitative estimate of drug-likeness (QED) is 0.660. The molecule has 0 radical (unpaired) electrons. The van der Waals surface area contributed by atoms with Gasteiger partial charge in [-0.15, -0.1) is 0 Å². The van der Waals surface area contributed by atoms with Crippen molar-refractivity contribution < 1.29 is 4.74 Å². The molecule has 3 heteroatoms. The van der Waals surface area contributed by atoms with Gasteiger partial charge in [-0.25, -0.2) is 0 Å². The topological polar surface area (TPSA) is 47.3 Å². The van der Waals surface area contributed by atoms with Gasteiger partial charge < -0.3 is 4.74 Å². The third kappa shape index (κ3) is 2.47. The second-order valence-electron chi connectivity index (χ2n) is 7.07. The fraction of sp³-hybridized carbons (Fsp3) is 0.667. The number of fused-ring (bicyclic) bond motifs is 2. The van der Waals surface area contributed by atoms with Crippen molar-refractivity contribution >= 4 is 0 Å². The van der Waals surface area contributed by atoms with Gasteiger partial charge in [-0.3, -0.25) is 11.3 Å². The molecule has 1 aliphatic heterocycles. The van der Waals surface area contributed by atoms with Crippen molar-refractivity contribution in [3.05, 3.63) is 29.8 Å². The minimum Gasteiger partial charge on any atom is -0.493 e. The maximum atomic E-state index is 5.92. The van der Waals surface area contributed by atoms with Crippen LogP contribution in [0.15, 0.2) is 24.3 Å². The van der Waals surface area contributed by atoms with Crippen LogP contribution in [-0.2, 0) is 0 Å². The summed E-state index contributed by atoms with van der Waals surface area (Å²) in [4.78, 5) is 0. The molecular weight excluding hydrogens is 260 g/mol. The molecule has 3 nitrogen and oxygen atoms in total. The molecule has 114 valence electrons. The molecule has 0 spiro atoms. The van der Waals surface area contributed by atoms with E-state index in [4.69, 9.17) is 10.6 Å². The van der Waals surface area contributed by atoms with Crippen LogP contribution in [0.25, 0.3) is 0 Å². The molecule has 0 bridgehead atoms. The number of hydrazine groups is 1. The molecule has 2 saturated carbocycles. The smallest absolute Gasteiger partial charge is 0.122 e. The first kappa shape index (κ1) is 13.6.